The third-order valence-electron chi connectivity index (χ3n) is 4.03. The Labute approximate surface area is 138 Å². The number of benzene rings is 1. The number of hydrogen-bond acceptors (Lipinski definition) is 3. The first-order valence-electron chi connectivity index (χ1n) is 7.62. The number of aromatic amines is 1. The van der Waals surface area contributed by atoms with Crippen LogP contribution < -0.4 is 5.32 Å². The molecule has 7 heteroatoms. The second kappa shape index (κ2) is 7.10. The molecule has 1 saturated heterocycles. The summed E-state index contributed by atoms with van der Waals surface area (Å²) in [6, 6.07) is 4.43. The number of imidazole rings is 1. The summed E-state index contributed by atoms with van der Waals surface area (Å²) < 4.78 is 13.7. The van der Waals surface area contributed by atoms with Crippen molar-refractivity contribution in [1.29, 1.82) is 0 Å². The van der Waals surface area contributed by atoms with E-state index in [4.69, 9.17) is 11.6 Å². The summed E-state index contributed by atoms with van der Waals surface area (Å²) in [4.78, 5) is 21.7. The number of H-pyrrole nitrogens is 1. The van der Waals surface area contributed by atoms with Gasteiger partial charge in [-0.1, -0.05) is 11.6 Å². The van der Waals surface area contributed by atoms with Gasteiger partial charge in [0.15, 0.2) is 0 Å². The molecule has 3 rings (SSSR count). The fourth-order valence-electron chi connectivity index (χ4n) is 2.91. The van der Waals surface area contributed by atoms with E-state index in [0.717, 1.165) is 25.2 Å². The predicted octanol–water partition coefficient (Wildman–Crippen LogP) is 3.37. The minimum atomic E-state index is -0.527. The zero-order chi connectivity index (χ0) is 16.2. The molecule has 122 valence electrons. The van der Waals surface area contributed by atoms with Crippen LogP contribution in [0.4, 0.5) is 10.1 Å². The number of nitrogens with one attached hydrogen (secondary N) is 2. The first-order valence-corrected chi connectivity index (χ1v) is 7.99. The van der Waals surface area contributed by atoms with Gasteiger partial charge in [-0.2, -0.15) is 0 Å². The van der Waals surface area contributed by atoms with Crippen LogP contribution >= 0.6 is 11.6 Å². The summed E-state index contributed by atoms with van der Waals surface area (Å²) in [6.07, 6.45) is 5.96. The van der Waals surface area contributed by atoms with Crippen molar-refractivity contribution in [2.45, 2.75) is 25.3 Å². The van der Waals surface area contributed by atoms with Gasteiger partial charge < -0.3 is 10.3 Å². The van der Waals surface area contributed by atoms with Crippen LogP contribution in [0, 0.1) is 5.82 Å². The number of nitrogens with zero attached hydrogens (tertiary/aromatic N) is 2. The first-order chi connectivity index (χ1) is 11.1. The molecule has 0 bridgehead atoms. The normalized spacial score (nSPS) is 18.3. The summed E-state index contributed by atoms with van der Waals surface area (Å²) in [6.45, 7) is 1.56. The van der Waals surface area contributed by atoms with E-state index >= 15 is 0 Å². The zero-order valence-corrected chi connectivity index (χ0v) is 13.3. The molecule has 1 aromatic heterocycles. The predicted molar refractivity (Wildman–Crippen MR) is 86.8 cm³/mol. The van der Waals surface area contributed by atoms with Crippen molar-refractivity contribution in [2.75, 3.05) is 18.4 Å². The van der Waals surface area contributed by atoms with Crippen molar-refractivity contribution < 1.29 is 9.18 Å². The summed E-state index contributed by atoms with van der Waals surface area (Å²) in [5.74, 6) is 0.198. The van der Waals surface area contributed by atoms with Crippen LogP contribution in [-0.4, -0.2) is 33.9 Å². The average molecular weight is 337 g/mol. The van der Waals surface area contributed by atoms with E-state index in [1.54, 1.807) is 12.3 Å². The van der Waals surface area contributed by atoms with Crippen LogP contribution in [0.1, 0.15) is 31.1 Å². The molecule has 1 fully saturated rings. The fraction of sp³-hybridized carbons (Fsp3) is 0.375. The molecule has 1 aliphatic heterocycles. The van der Waals surface area contributed by atoms with E-state index < -0.39 is 5.82 Å². The van der Waals surface area contributed by atoms with Crippen molar-refractivity contribution in [3.05, 3.63) is 47.3 Å². The maximum Gasteiger partial charge on any atom is 0.225 e. The van der Waals surface area contributed by atoms with Gasteiger partial charge in [0.2, 0.25) is 5.91 Å². The van der Waals surface area contributed by atoms with Crippen molar-refractivity contribution in [1.82, 2.24) is 14.9 Å². The molecule has 0 aliphatic carbocycles. The standard InChI is InChI=1S/C16H18ClFN4O/c17-11-3-4-13(12(18)10-11)21-15(23)5-9-22-8-1-2-14(22)16-19-6-7-20-16/h3-4,6-7,10,14H,1-2,5,8-9H2,(H,19,20)(H,21,23). The molecule has 1 atom stereocenters. The van der Waals surface area contributed by atoms with Gasteiger partial charge in [-0.15, -0.1) is 0 Å². The van der Waals surface area contributed by atoms with Crippen LogP contribution in [0.2, 0.25) is 5.02 Å². The van der Waals surface area contributed by atoms with Gasteiger partial charge >= 0.3 is 0 Å². The Hall–Kier alpha value is -1.92. The van der Waals surface area contributed by atoms with Gasteiger partial charge in [0.05, 0.1) is 11.7 Å². The topological polar surface area (TPSA) is 61.0 Å². The Morgan fingerprint density at radius 3 is 3.13 bits per heavy atom. The molecule has 2 N–H and O–H groups in total. The number of hydrogen-bond donors (Lipinski definition) is 2. The molecule has 2 aromatic rings. The quantitative estimate of drug-likeness (QED) is 0.880. The number of amides is 1. The highest BCUT2D eigenvalue weighted by molar-refractivity contribution is 6.30. The summed E-state index contributed by atoms with van der Waals surface area (Å²) in [5.41, 5.74) is 0.156. The number of anilines is 1. The third kappa shape index (κ3) is 3.89. The van der Waals surface area contributed by atoms with Crippen molar-refractivity contribution in [3.8, 4) is 0 Å². The first kappa shape index (κ1) is 16.0. The van der Waals surface area contributed by atoms with Gasteiger partial charge in [0.1, 0.15) is 11.6 Å². The van der Waals surface area contributed by atoms with E-state index in [-0.39, 0.29) is 17.6 Å². The second-order valence-corrected chi connectivity index (χ2v) is 6.03. The maximum atomic E-state index is 13.7. The lowest BCUT2D eigenvalue weighted by molar-refractivity contribution is -0.116. The molecular formula is C16H18ClFN4O. The molecule has 0 radical (unpaired) electrons. The van der Waals surface area contributed by atoms with Crippen molar-refractivity contribution in [3.63, 3.8) is 0 Å². The van der Waals surface area contributed by atoms with Crippen LogP contribution in [0.25, 0.3) is 0 Å². The van der Waals surface area contributed by atoms with Gasteiger partial charge in [-0.3, -0.25) is 9.69 Å². The monoisotopic (exact) mass is 336 g/mol. The van der Waals surface area contributed by atoms with Crippen molar-refractivity contribution >= 4 is 23.2 Å². The molecule has 1 aromatic carbocycles. The van der Waals surface area contributed by atoms with E-state index in [0.29, 0.717) is 18.0 Å². The highest BCUT2D eigenvalue weighted by Gasteiger charge is 2.27. The lowest BCUT2D eigenvalue weighted by atomic mass is 10.2. The number of carbonyl (C=O) groups excluding carboxylic acids is 1. The Bertz CT molecular complexity index is 677. The molecule has 0 saturated carbocycles. The minimum absolute atomic E-state index is 0.156. The Morgan fingerprint density at radius 1 is 1.52 bits per heavy atom. The van der Waals surface area contributed by atoms with Gasteiger partial charge in [0.25, 0.3) is 0 Å². The number of carbonyl (C=O) groups is 1. The number of aromatic nitrogens is 2. The minimum Gasteiger partial charge on any atom is -0.347 e. The summed E-state index contributed by atoms with van der Waals surface area (Å²) >= 11 is 5.70. The van der Waals surface area contributed by atoms with Crippen molar-refractivity contribution in [2.24, 2.45) is 0 Å². The van der Waals surface area contributed by atoms with E-state index in [1.165, 1.54) is 12.1 Å². The molecule has 1 aliphatic rings. The van der Waals surface area contributed by atoms with Crippen LogP contribution in [-0.2, 0) is 4.79 Å². The van der Waals surface area contributed by atoms with E-state index in [9.17, 15) is 9.18 Å². The SMILES string of the molecule is O=C(CCN1CCCC1c1ncc[nH]1)Nc1ccc(Cl)cc1F. The number of rotatable bonds is 5. The average Bonchev–Trinajstić information content (AvgIpc) is 3.18. The Morgan fingerprint density at radius 2 is 2.39 bits per heavy atom. The smallest absolute Gasteiger partial charge is 0.225 e. The van der Waals surface area contributed by atoms with Gasteiger partial charge in [-0.05, 0) is 37.6 Å². The molecule has 0 spiro atoms. The second-order valence-electron chi connectivity index (χ2n) is 5.59. The Kier molecular flexibility index (Phi) is 4.93. The van der Waals surface area contributed by atoms with Gasteiger partial charge in [-0.25, -0.2) is 9.37 Å². The summed E-state index contributed by atoms with van der Waals surface area (Å²) in [7, 11) is 0. The molecular weight excluding hydrogens is 319 g/mol. The van der Waals surface area contributed by atoms with Crippen LogP contribution in [0.5, 0.6) is 0 Å². The number of likely N-dealkylation sites (tertiary alicyclic amines) is 1. The molecule has 1 amide bonds. The lowest BCUT2D eigenvalue weighted by Gasteiger charge is -2.22. The van der Waals surface area contributed by atoms with E-state index in [2.05, 4.69) is 20.2 Å². The largest absolute Gasteiger partial charge is 0.347 e. The van der Waals surface area contributed by atoms with E-state index in [1.807, 2.05) is 6.20 Å². The molecule has 23 heavy (non-hydrogen) atoms. The fourth-order valence-corrected chi connectivity index (χ4v) is 3.07. The molecule has 1 unspecified atom stereocenters. The molecule has 2 heterocycles. The van der Waals surface area contributed by atoms with Crippen LogP contribution in [0.15, 0.2) is 30.6 Å². The van der Waals surface area contributed by atoms with Crippen LogP contribution in [0.3, 0.4) is 0 Å². The highest BCUT2D eigenvalue weighted by atomic mass is 35.5. The zero-order valence-electron chi connectivity index (χ0n) is 12.6. The lowest BCUT2D eigenvalue weighted by Crippen LogP contribution is -2.28. The van der Waals surface area contributed by atoms with Gasteiger partial charge in [0, 0.05) is 30.4 Å². The Balaban J connectivity index is 1.54. The maximum absolute atomic E-state index is 13.7. The number of halogens is 2. The summed E-state index contributed by atoms with van der Waals surface area (Å²) in [5, 5.41) is 2.89. The third-order valence-corrected chi connectivity index (χ3v) is 4.27. The highest BCUT2D eigenvalue weighted by Crippen LogP contribution is 2.29. The molecule has 5 nitrogen and oxygen atoms in total.